The molecule has 0 bridgehead atoms. The first-order valence-electron chi connectivity index (χ1n) is 5.88. The van der Waals surface area contributed by atoms with Gasteiger partial charge in [-0.3, -0.25) is 0 Å². The van der Waals surface area contributed by atoms with E-state index in [0.717, 1.165) is 30.8 Å². The Labute approximate surface area is 98.5 Å². The van der Waals surface area contributed by atoms with E-state index in [9.17, 15) is 0 Å². The lowest BCUT2D eigenvalue weighted by Crippen LogP contribution is -1.95. The van der Waals surface area contributed by atoms with E-state index in [0.29, 0.717) is 0 Å². The molecule has 0 saturated carbocycles. The van der Waals surface area contributed by atoms with Crippen LogP contribution < -0.4 is 4.74 Å². The molecule has 0 fully saturated rings. The van der Waals surface area contributed by atoms with Crippen molar-refractivity contribution in [1.82, 2.24) is 0 Å². The SMILES string of the molecule is C=C/C=C(\CCC)Oc1ccc(CC)cc1. The topological polar surface area (TPSA) is 9.23 Å². The molecule has 0 aliphatic rings. The van der Waals surface area contributed by atoms with Gasteiger partial charge in [0.1, 0.15) is 11.5 Å². The van der Waals surface area contributed by atoms with Crippen molar-refractivity contribution in [3.05, 3.63) is 54.3 Å². The van der Waals surface area contributed by atoms with Crippen LogP contribution >= 0.6 is 0 Å². The van der Waals surface area contributed by atoms with Crippen LogP contribution in [-0.2, 0) is 6.42 Å². The molecule has 0 unspecified atom stereocenters. The van der Waals surface area contributed by atoms with Crippen LogP contribution in [0.1, 0.15) is 32.3 Å². The summed E-state index contributed by atoms with van der Waals surface area (Å²) >= 11 is 0. The van der Waals surface area contributed by atoms with Crippen LogP contribution in [0.25, 0.3) is 0 Å². The average molecular weight is 216 g/mol. The van der Waals surface area contributed by atoms with Gasteiger partial charge in [-0.25, -0.2) is 0 Å². The maximum atomic E-state index is 5.78. The molecule has 0 saturated heterocycles. The van der Waals surface area contributed by atoms with Gasteiger partial charge in [-0.05, 0) is 36.6 Å². The molecule has 0 radical (unpaired) electrons. The number of rotatable bonds is 6. The van der Waals surface area contributed by atoms with E-state index in [1.807, 2.05) is 18.2 Å². The van der Waals surface area contributed by atoms with E-state index >= 15 is 0 Å². The first kappa shape index (κ1) is 12.6. The van der Waals surface area contributed by atoms with Crippen molar-refractivity contribution in [2.45, 2.75) is 33.1 Å². The highest BCUT2D eigenvalue weighted by atomic mass is 16.5. The van der Waals surface area contributed by atoms with Gasteiger partial charge in [0, 0.05) is 6.42 Å². The van der Waals surface area contributed by atoms with Gasteiger partial charge >= 0.3 is 0 Å². The fourth-order valence-electron chi connectivity index (χ4n) is 1.49. The van der Waals surface area contributed by atoms with Gasteiger partial charge in [0.15, 0.2) is 0 Å². The smallest absolute Gasteiger partial charge is 0.126 e. The van der Waals surface area contributed by atoms with E-state index in [2.05, 4.69) is 32.6 Å². The first-order chi connectivity index (χ1) is 7.80. The molecule has 1 aromatic carbocycles. The van der Waals surface area contributed by atoms with E-state index in [4.69, 9.17) is 4.74 Å². The monoisotopic (exact) mass is 216 g/mol. The van der Waals surface area contributed by atoms with Gasteiger partial charge in [-0.15, -0.1) is 0 Å². The lowest BCUT2D eigenvalue weighted by atomic mass is 10.2. The molecule has 0 atom stereocenters. The molecular formula is C15H20O. The summed E-state index contributed by atoms with van der Waals surface area (Å²) in [4.78, 5) is 0. The summed E-state index contributed by atoms with van der Waals surface area (Å²) in [5.41, 5.74) is 1.33. The Morgan fingerprint density at radius 2 is 1.94 bits per heavy atom. The van der Waals surface area contributed by atoms with Crippen molar-refractivity contribution in [1.29, 1.82) is 0 Å². The van der Waals surface area contributed by atoms with E-state index in [1.165, 1.54) is 5.56 Å². The fraction of sp³-hybridized carbons (Fsp3) is 0.333. The molecule has 0 aliphatic heterocycles. The number of benzene rings is 1. The molecule has 0 N–H and O–H groups in total. The Morgan fingerprint density at radius 3 is 2.44 bits per heavy atom. The summed E-state index contributed by atoms with van der Waals surface area (Å²) in [6, 6.07) is 8.25. The van der Waals surface area contributed by atoms with E-state index < -0.39 is 0 Å². The second kappa shape index (κ2) is 6.89. The molecule has 0 aromatic heterocycles. The minimum absolute atomic E-state index is 0.902. The largest absolute Gasteiger partial charge is 0.462 e. The van der Waals surface area contributed by atoms with Gasteiger partial charge in [-0.2, -0.15) is 0 Å². The Balaban J connectivity index is 2.69. The molecule has 1 rings (SSSR count). The second-order valence-corrected chi connectivity index (χ2v) is 3.72. The average Bonchev–Trinajstić information content (AvgIpc) is 2.31. The van der Waals surface area contributed by atoms with Crippen molar-refractivity contribution in [3.8, 4) is 5.75 Å². The molecule has 0 aliphatic carbocycles. The van der Waals surface area contributed by atoms with Crippen molar-refractivity contribution in [2.75, 3.05) is 0 Å². The van der Waals surface area contributed by atoms with Crippen LogP contribution in [0, 0.1) is 0 Å². The molecule has 16 heavy (non-hydrogen) atoms. The molecule has 1 aromatic rings. The third-order valence-electron chi connectivity index (χ3n) is 2.38. The minimum Gasteiger partial charge on any atom is -0.462 e. The summed E-state index contributed by atoms with van der Waals surface area (Å²) < 4.78 is 5.78. The number of allylic oxidation sites excluding steroid dienone is 3. The molecule has 0 amide bonds. The van der Waals surface area contributed by atoms with Gasteiger partial charge < -0.3 is 4.74 Å². The highest BCUT2D eigenvalue weighted by molar-refractivity contribution is 5.29. The van der Waals surface area contributed by atoms with E-state index in [1.54, 1.807) is 6.08 Å². The molecule has 0 heterocycles. The maximum Gasteiger partial charge on any atom is 0.126 e. The predicted molar refractivity (Wildman–Crippen MR) is 69.6 cm³/mol. The Hall–Kier alpha value is -1.50. The second-order valence-electron chi connectivity index (χ2n) is 3.72. The van der Waals surface area contributed by atoms with Gasteiger partial charge in [-0.1, -0.05) is 38.6 Å². The minimum atomic E-state index is 0.902. The van der Waals surface area contributed by atoms with Crippen molar-refractivity contribution >= 4 is 0 Å². The molecular weight excluding hydrogens is 196 g/mol. The summed E-state index contributed by atoms with van der Waals surface area (Å²) in [5, 5.41) is 0. The summed E-state index contributed by atoms with van der Waals surface area (Å²) in [6.45, 7) is 7.98. The number of hydrogen-bond acceptors (Lipinski definition) is 1. The molecule has 1 nitrogen and oxygen atoms in total. The van der Waals surface area contributed by atoms with E-state index in [-0.39, 0.29) is 0 Å². The first-order valence-corrected chi connectivity index (χ1v) is 5.88. The summed E-state index contributed by atoms with van der Waals surface area (Å²) in [7, 11) is 0. The zero-order chi connectivity index (χ0) is 11.8. The highest BCUT2D eigenvalue weighted by Gasteiger charge is 1.99. The Kier molecular flexibility index (Phi) is 5.41. The van der Waals surface area contributed by atoms with Crippen LogP contribution in [0.5, 0.6) is 5.75 Å². The van der Waals surface area contributed by atoms with Crippen molar-refractivity contribution < 1.29 is 4.74 Å². The quantitative estimate of drug-likeness (QED) is 0.502. The van der Waals surface area contributed by atoms with Crippen LogP contribution in [0.15, 0.2) is 48.8 Å². The molecule has 86 valence electrons. The third kappa shape index (κ3) is 3.93. The number of aryl methyl sites for hydroxylation is 1. The van der Waals surface area contributed by atoms with Gasteiger partial charge in [0.2, 0.25) is 0 Å². The Bertz CT molecular complexity index is 346. The fourth-order valence-corrected chi connectivity index (χ4v) is 1.49. The van der Waals surface area contributed by atoms with Crippen molar-refractivity contribution in [2.24, 2.45) is 0 Å². The summed E-state index contributed by atoms with van der Waals surface area (Å²) in [5.74, 6) is 1.88. The van der Waals surface area contributed by atoms with Crippen molar-refractivity contribution in [3.63, 3.8) is 0 Å². The van der Waals surface area contributed by atoms with Crippen LogP contribution in [-0.4, -0.2) is 0 Å². The lowest BCUT2D eigenvalue weighted by Gasteiger charge is -2.09. The third-order valence-corrected chi connectivity index (χ3v) is 2.38. The maximum absolute atomic E-state index is 5.78. The highest BCUT2D eigenvalue weighted by Crippen LogP contribution is 2.17. The number of hydrogen-bond donors (Lipinski definition) is 0. The van der Waals surface area contributed by atoms with Crippen LogP contribution in [0.2, 0.25) is 0 Å². The van der Waals surface area contributed by atoms with Crippen LogP contribution in [0.3, 0.4) is 0 Å². The molecule has 0 spiro atoms. The predicted octanol–water partition coefficient (Wildman–Crippen LogP) is 4.50. The van der Waals surface area contributed by atoms with Crippen LogP contribution in [0.4, 0.5) is 0 Å². The zero-order valence-corrected chi connectivity index (χ0v) is 10.2. The molecule has 1 heteroatoms. The lowest BCUT2D eigenvalue weighted by molar-refractivity contribution is 0.402. The number of ether oxygens (including phenoxy) is 1. The Morgan fingerprint density at radius 1 is 1.25 bits per heavy atom. The zero-order valence-electron chi connectivity index (χ0n) is 10.2. The standard InChI is InChI=1S/C15H20O/c1-4-7-14(8-5-2)16-15-11-9-13(6-3)10-12-15/h4,7,9-12H,1,5-6,8H2,2-3H3/b14-7+. The summed E-state index contributed by atoms with van der Waals surface area (Å²) in [6.07, 6.45) is 6.78. The van der Waals surface area contributed by atoms with Gasteiger partial charge in [0.25, 0.3) is 0 Å². The normalized spacial score (nSPS) is 11.2. The van der Waals surface area contributed by atoms with Gasteiger partial charge in [0.05, 0.1) is 0 Å².